The fourth-order valence-electron chi connectivity index (χ4n) is 3.83. The molecule has 0 bridgehead atoms. The van der Waals surface area contributed by atoms with Crippen molar-refractivity contribution in [2.24, 2.45) is 29.6 Å². The molecular weight excluding hydrogens is 352 g/mol. The van der Waals surface area contributed by atoms with Gasteiger partial charge in [-0.05, 0) is 24.2 Å². The molecule has 0 amide bonds. The molecule has 0 unspecified atom stereocenters. The number of carbonyl (C=O) groups is 2. The third kappa shape index (κ3) is 5.69. The molecule has 1 aliphatic carbocycles. The van der Waals surface area contributed by atoms with Gasteiger partial charge in [0.15, 0.2) is 0 Å². The molecule has 0 aromatic heterocycles. The first-order valence-corrected chi connectivity index (χ1v) is 9.71. The van der Waals surface area contributed by atoms with Gasteiger partial charge in [-0.3, -0.25) is 9.59 Å². The largest absolute Gasteiger partial charge is 0.462 e. The monoisotopic (exact) mass is 384 g/mol. The molecule has 7 nitrogen and oxygen atoms in total. The minimum absolute atomic E-state index is 0.0737. The number of fused-ring (bicyclic) bond motifs is 1. The summed E-state index contributed by atoms with van der Waals surface area (Å²) in [4.78, 5) is 23.9. The number of aliphatic hydroxyl groups excluding tert-OH is 2. The topological polar surface area (TPSA) is 102 Å². The van der Waals surface area contributed by atoms with E-state index < -0.39 is 18.3 Å². The van der Waals surface area contributed by atoms with Gasteiger partial charge in [-0.2, -0.15) is 0 Å². The van der Waals surface area contributed by atoms with E-state index in [2.05, 4.69) is 0 Å². The maximum atomic E-state index is 12.1. The Balaban J connectivity index is 2.09. The van der Waals surface area contributed by atoms with Crippen LogP contribution in [0.15, 0.2) is 11.8 Å². The zero-order valence-electron chi connectivity index (χ0n) is 16.6. The van der Waals surface area contributed by atoms with Crippen LogP contribution in [-0.2, 0) is 23.8 Å². The lowest BCUT2D eigenvalue weighted by Crippen LogP contribution is -2.40. The smallest absolute Gasteiger partial charge is 0.309 e. The lowest BCUT2D eigenvalue weighted by Gasteiger charge is -2.35. The van der Waals surface area contributed by atoms with Crippen LogP contribution >= 0.6 is 0 Å². The first-order chi connectivity index (χ1) is 12.7. The average Bonchev–Trinajstić information content (AvgIpc) is 2.89. The molecule has 0 aromatic carbocycles. The summed E-state index contributed by atoms with van der Waals surface area (Å²) in [7, 11) is 0. The first-order valence-electron chi connectivity index (χ1n) is 9.71. The Hall–Kier alpha value is -1.60. The Bertz CT molecular complexity index is 555. The van der Waals surface area contributed by atoms with Crippen molar-refractivity contribution in [1.82, 2.24) is 0 Å². The van der Waals surface area contributed by atoms with E-state index in [1.54, 1.807) is 0 Å². The lowest BCUT2D eigenvalue weighted by molar-refractivity contribution is -0.191. The fourth-order valence-corrected chi connectivity index (χ4v) is 3.83. The summed E-state index contributed by atoms with van der Waals surface area (Å²) in [5.41, 5.74) is 0.739. The molecule has 27 heavy (non-hydrogen) atoms. The lowest BCUT2D eigenvalue weighted by atomic mass is 9.83. The molecule has 2 rings (SSSR count). The van der Waals surface area contributed by atoms with Crippen molar-refractivity contribution in [3.63, 3.8) is 0 Å². The molecule has 1 aliphatic heterocycles. The van der Waals surface area contributed by atoms with Crippen molar-refractivity contribution in [3.05, 3.63) is 11.8 Å². The van der Waals surface area contributed by atoms with Crippen LogP contribution in [0.2, 0.25) is 0 Å². The second-order valence-corrected chi connectivity index (χ2v) is 8.38. The number of hydrogen-bond donors (Lipinski definition) is 2. The summed E-state index contributed by atoms with van der Waals surface area (Å²) in [5.74, 6) is -1.29. The molecule has 1 heterocycles. The maximum Gasteiger partial charge on any atom is 0.309 e. The molecule has 0 radical (unpaired) electrons. The van der Waals surface area contributed by atoms with E-state index in [1.807, 2.05) is 27.7 Å². The van der Waals surface area contributed by atoms with Crippen LogP contribution in [0.5, 0.6) is 0 Å². The Kier molecular flexibility index (Phi) is 7.68. The number of hydrogen-bond acceptors (Lipinski definition) is 7. The summed E-state index contributed by atoms with van der Waals surface area (Å²) in [6, 6.07) is 0. The number of aliphatic hydroxyl groups is 2. The van der Waals surface area contributed by atoms with E-state index in [0.29, 0.717) is 12.8 Å². The van der Waals surface area contributed by atoms with Gasteiger partial charge in [0.2, 0.25) is 6.29 Å². The van der Waals surface area contributed by atoms with E-state index in [-0.39, 0.29) is 55.2 Å². The van der Waals surface area contributed by atoms with Crippen LogP contribution in [0.4, 0.5) is 0 Å². The molecule has 1 fully saturated rings. The highest BCUT2D eigenvalue weighted by Gasteiger charge is 2.51. The summed E-state index contributed by atoms with van der Waals surface area (Å²) >= 11 is 0. The van der Waals surface area contributed by atoms with Gasteiger partial charge in [-0.15, -0.1) is 0 Å². The summed E-state index contributed by atoms with van der Waals surface area (Å²) in [5, 5.41) is 20.1. The predicted molar refractivity (Wildman–Crippen MR) is 97.1 cm³/mol. The van der Waals surface area contributed by atoms with Crippen molar-refractivity contribution >= 4 is 11.9 Å². The van der Waals surface area contributed by atoms with E-state index in [1.165, 1.54) is 6.26 Å². The maximum absolute atomic E-state index is 12.1. The van der Waals surface area contributed by atoms with Gasteiger partial charge in [0.05, 0.1) is 12.4 Å². The first kappa shape index (κ1) is 21.7. The fraction of sp³-hybridized carbons (Fsp3) is 0.800. The zero-order valence-corrected chi connectivity index (χ0v) is 16.6. The Morgan fingerprint density at radius 3 is 2.41 bits per heavy atom. The molecule has 0 saturated heterocycles. The standard InChI is InChI=1S/C20H32O7/c1-11(2)5-17(23)25-9-13-10-26-20(27-18(24)6-12(3)4)19-14(13)7-16(22)15(19)8-21/h10-12,14-16,19-22H,5-9H2,1-4H3/t14-,15+,16+,19+,20+/m1/s1. The van der Waals surface area contributed by atoms with Crippen LogP contribution < -0.4 is 0 Å². The Morgan fingerprint density at radius 2 is 1.81 bits per heavy atom. The van der Waals surface area contributed by atoms with Crippen molar-refractivity contribution in [3.8, 4) is 0 Å². The predicted octanol–water partition coefficient (Wildman–Crippen LogP) is 2.01. The summed E-state index contributed by atoms with van der Waals surface area (Å²) < 4.78 is 16.5. The highest BCUT2D eigenvalue weighted by Crippen LogP contribution is 2.47. The molecule has 0 spiro atoms. The summed E-state index contributed by atoms with van der Waals surface area (Å²) in [6.45, 7) is 7.57. The third-order valence-electron chi connectivity index (χ3n) is 5.10. The van der Waals surface area contributed by atoms with Gasteiger partial charge in [-0.25, -0.2) is 0 Å². The highest BCUT2D eigenvalue weighted by molar-refractivity contribution is 5.70. The molecule has 0 aromatic rings. The average molecular weight is 384 g/mol. The van der Waals surface area contributed by atoms with Gasteiger partial charge in [-0.1, -0.05) is 27.7 Å². The van der Waals surface area contributed by atoms with Gasteiger partial charge in [0.1, 0.15) is 6.61 Å². The van der Waals surface area contributed by atoms with E-state index >= 15 is 0 Å². The minimum atomic E-state index is -0.856. The molecule has 7 heteroatoms. The van der Waals surface area contributed by atoms with Gasteiger partial charge in [0, 0.05) is 36.9 Å². The number of rotatable bonds is 8. The Morgan fingerprint density at radius 1 is 1.19 bits per heavy atom. The van der Waals surface area contributed by atoms with Crippen LogP contribution in [0.1, 0.15) is 47.0 Å². The molecule has 2 aliphatic rings. The summed E-state index contributed by atoms with van der Waals surface area (Å²) in [6.07, 6.45) is 0.903. The van der Waals surface area contributed by atoms with Crippen LogP contribution in [0, 0.1) is 29.6 Å². The number of carbonyl (C=O) groups excluding carboxylic acids is 2. The second-order valence-electron chi connectivity index (χ2n) is 8.38. The SMILES string of the molecule is CC(C)CC(=O)OCC1=CO[C@@H](OC(=O)CC(C)C)[C@@H]2[C@@H](CO)[C@@H](O)C[C@H]12. The van der Waals surface area contributed by atoms with Gasteiger partial charge >= 0.3 is 11.9 Å². The van der Waals surface area contributed by atoms with Crippen molar-refractivity contribution in [1.29, 1.82) is 0 Å². The van der Waals surface area contributed by atoms with Crippen LogP contribution in [-0.4, -0.2) is 47.8 Å². The van der Waals surface area contributed by atoms with Crippen molar-refractivity contribution < 1.29 is 34.0 Å². The number of esters is 2. The molecule has 2 N–H and O–H groups in total. The minimum Gasteiger partial charge on any atom is -0.462 e. The third-order valence-corrected chi connectivity index (χ3v) is 5.10. The zero-order chi connectivity index (χ0) is 20.1. The van der Waals surface area contributed by atoms with Crippen LogP contribution in [0.25, 0.3) is 0 Å². The van der Waals surface area contributed by atoms with Crippen LogP contribution in [0.3, 0.4) is 0 Å². The van der Waals surface area contributed by atoms with Gasteiger partial charge in [0.25, 0.3) is 0 Å². The Labute approximate surface area is 160 Å². The molecule has 5 atom stereocenters. The molecule has 1 saturated carbocycles. The molecule has 154 valence electrons. The van der Waals surface area contributed by atoms with Crippen molar-refractivity contribution in [2.45, 2.75) is 59.4 Å². The van der Waals surface area contributed by atoms with Gasteiger partial charge < -0.3 is 24.4 Å². The molecular formula is C20H32O7. The second kappa shape index (κ2) is 9.55. The van der Waals surface area contributed by atoms with E-state index in [0.717, 1.165) is 5.57 Å². The highest BCUT2D eigenvalue weighted by atomic mass is 16.7. The normalized spacial score (nSPS) is 29.9. The van der Waals surface area contributed by atoms with Crippen molar-refractivity contribution in [2.75, 3.05) is 13.2 Å². The number of ether oxygens (including phenoxy) is 3. The quantitative estimate of drug-likeness (QED) is 0.617. The van der Waals surface area contributed by atoms with E-state index in [9.17, 15) is 19.8 Å². The van der Waals surface area contributed by atoms with E-state index in [4.69, 9.17) is 14.2 Å².